The number of carbonyl (C=O) groups is 1. The first-order chi connectivity index (χ1) is 13.1. The van der Waals surface area contributed by atoms with Gasteiger partial charge < -0.3 is 14.4 Å². The predicted molar refractivity (Wildman–Crippen MR) is 95.9 cm³/mol. The lowest BCUT2D eigenvalue weighted by atomic mass is 9.79. The van der Waals surface area contributed by atoms with Gasteiger partial charge >= 0.3 is 0 Å². The van der Waals surface area contributed by atoms with Crippen LogP contribution in [0, 0.1) is 11.7 Å². The average molecular weight is 371 g/mol. The highest BCUT2D eigenvalue weighted by molar-refractivity contribution is 5.94. The molecule has 0 radical (unpaired) electrons. The van der Waals surface area contributed by atoms with Gasteiger partial charge in [-0.05, 0) is 49.4 Å². The molecular weight excluding hydrogens is 349 g/mol. The topological polar surface area (TPSA) is 64.6 Å². The number of ether oxygens (including phenoxy) is 2. The first-order valence-electron chi connectivity index (χ1n) is 9.21. The average Bonchev–Trinajstić information content (AvgIpc) is 2.67. The van der Waals surface area contributed by atoms with Crippen LogP contribution in [0.2, 0.25) is 0 Å². The number of nitrogens with zero attached hydrogens (tertiary/aromatic N) is 3. The lowest BCUT2D eigenvalue weighted by Crippen LogP contribution is -2.66. The molecule has 1 spiro atoms. The molecule has 1 atom stereocenters. The Kier molecular flexibility index (Phi) is 5.03. The fourth-order valence-electron chi connectivity index (χ4n) is 3.85. The Morgan fingerprint density at radius 1 is 1.30 bits per heavy atom. The number of benzene rings is 1. The lowest BCUT2D eigenvalue weighted by Gasteiger charge is -2.53. The Balaban J connectivity index is 1.26. The third-order valence-electron chi connectivity index (χ3n) is 5.25. The smallest absolute Gasteiger partial charge is 0.254 e. The second-order valence-corrected chi connectivity index (χ2v) is 7.24. The molecule has 2 aromatic rings. The monoisotopic (exact) mass is 371 g/mol. The van der Waals surface area contributed by atoms with E-state index in [1.165, 1.54) is 24.3 Å². The maximum atomic E-state index is 13.0. The van der Waals surface area contributed by atoms with Crippen LogP contribution in [0.1, 0.15) is 29.6 Å². The van der Waals surface area contributed by atoms with Gasteiger partial charge in [0, 0.05) is 24.6 Å². The minimum atomic E-state index is -0.339. The number of likely N-dealkylation sites (tertiary alicyclic amines) is 1. The van der Waals surface area contributed by atoms with Crippen LogP contribution >= 0.6 is 0 Å². The molecule has 4 rings (SSSR count). The van der Waals surface area contributed by atoms with E-state index in [9.17, 15) is 9.18 Å². The Morgan fingerprint density at radius 3 is 2.85 bits per heavy atom. The Morgan fingerprint density at radius 2 is 2.11 bits per heavy atom. The van der Waals surface area contributed by atoms with Crippen molar-refractivity contribution in [1.29, 1.82) is 0 Å². The van der Waals surface area contributed by atoms with Crippen LogP contribution in [-0.4, -0.2) is 52.7 Å². The lowest BCUT2D eigenvalue weighted by molar-refractivity contribution is -0.166. The summed E-state index contributed by atoms with van der Waals surface area (Å²) in [6, 6.07) is 5.67. The summed E-state index contributed by atoms with van der Waals surface area (Å²) in [6.45, 7) is 2.47. The molecule has 0 bridgehead atoms. The normalized spacial score (nSPS) is 20.9. The molecule has 2 fully saturated rings. The predicted octanol–water partition coefficient (Wildman–Crippen LogP) is 2.71. The van der Waals surface area contributed by atoms with Crippen LogP contribution in [0.4, 0.5) is 4.39 Å². The van der Waals surface area contributed by atoms with Crippen LogP contribution in [0.3, 0.4) is 0 Å². The van der Waals surface area contributed by atoms with Crippen LogP contribution in [0.15, 0.2) is 42.9 Å². The molecule has 1 unspecified atom stereocenters. The molecule has 142 valence electrons. The molecule has 7 heteroatoms. The van der Waals surface area contributed by atoms with Crippen molar-refractivity contribution < 1.29 is 18.7 Å². The van der Waals surface area contributed by atoms with Gasteiger partial charge in [0.25, 0.3) is 5.91 Å². The minimum Gasteiger partial charge on any atom is -0.477 e. The van der Waals surface area contributed by atoms with E-state index in [0.717, 1.165) is 19.3 Å². The van der Waals surface area contributed by atoms with Crippen molar-refractivity contribution in [2.75, 3.05) is 26.3 Å². The Hall–Kier alpha value is -2.54. The van der Waals surface area contributed by atoms with Crippen molar-refractivity contribution in [3.8, 4) is 5.88 Å². The van der Waals surface area contributed by atoms with E-state index in [1.54, 1.807) is 23.5 Å². The number of halogens is 1. The highest BCUT2D eigenvalue weighted by Gasteiger charge is 2.49. The van der Waals surface area contributed by atoms with Crippen LogP contribution in [0.5, 0.6) is 5.88 Å². The second kappa shape index (κ2) is 7.60. The molecule has 0 aliphatic carbocycles. The number of aromatic nitrogens is 2. The van der Waals surface area contributed by atoms with E-state index in [4.69, 9.17) is 9.47 Å². The van der Waals surface area contributed by atoms with Crippen molar-refractivity contribution in [2.45, 2.75) is 24.9 Å². The molecule has 1 aromatic heterocycles. The molecule has 0 saturated carbocycles. The largest absolute Gasteiger partial charge is 0.477 e. The molecule has 0 N–H and O–H groups in total. The molecule has 1 aromatic carbocycles. The van der Waals surface area contributed by atoms with E-state index >= 15 is 0 Å². The highest BCUT2D eigenvalue weighted by atomic mass is 19.1. The molecule has 6 nitrogen and oxygen atoms in total. The summed E-state index contributed by atoms with van der Waals surface area (Å²) >= 11 is 0. The molecule has 2 aliphatic heterocycles. The number of hydrogen-bond donors (Lipinski definition) is 0. The van der Waals surface area contributed by atoms with E-state index in [-0.39, 0.29) is 17.3 Å². The van der Waals surface area contributed by atoms with Crippen molar-refractivity contribution in [3.05, 3.63) is 54.2 Å². The van der Waals surface area contributed by atoms with Crippen molar-refractivity contribution >= 4 is 5.91 Å². The number of hydrogen-bond acceptors (Lipinski definition) is 5. The van der Waals surface area contributed by atoms with Gasteiger partial charge in [-0.2, -0.15) is 0 Å². The van der Waals surface area contributed by atoms with Crippen molar-refractivity contribution in [1.82, 2.24) is 14.9 Å². The fourth-order valence-corrected chi connectivity index (χ4v) is 3.85. The summed E-state index contributed by atoms with van der Waals surface area (Å²) in [7, 11) is 0. The highest BCUT2D eigenvalue weighted by Crippen LogP contribution is 2.38. The summed E-state index contributed by atoms with van der Waals surface area (Å²) < 4.78 is 24.7. The quantitative estimate of drug-likeness (QED) is 0.809. The van der Waals surface area contributed by atoms with Gasteiger partial charge in [0.1, 0.15) is 11.4 Å². The molecule has 2 saturated heterocycles. The van der Waals surface area contributed by atoms with Gasteiger partial charge in [-0.25, -0.2) is 9.37 Å². The number of carbonyl (C=O) groups excluding carboxylic acids is 1. The van der Waals surface area contributed by atoms with Crippen molar-refractivity contribution in [3.63, 3.8) is 0 Å². The first kappa shape index (κ1) is 17.9. The molecule has 2 aliphatic rings. The maximum Gasteiger partial charge on any atom is 0.254 e. The zero-order chi connectivity index (χ0) is 18.7. The van der Waals surface area contributed by atoms with E-state index in [0.29, 0.717) is 43.7 Å². The Labute approximate surface area is 157 Å². The third kappa shape index (κ3) is 4.08. The second-order valence-electron chi connectivity index (χ2n) is 7.24. The van der Waals surface area contributed by atoms with Gasteiger partial charge in [-0.3, -0.25) is 9.78 Å². The van der Waals surface area contributed by atoms with Gasteiger partial charge in [0.2, 0.25) is 5.88 Å². The van der Waals surface area contributed by atoms with Gasteiger partial charge in [-0.15, -0.1) is 0 Å². The SMILES string of the molecule is O=C(c1ccc(F)cc1)N1CC2(CC(CCOc3cnccn3)CCO2)C1. The van der Waals surface area contributed by atoms with Crippen LogP contribution in [0.25, 0.3) is 0 Å². The summed E-state index contributed by atoms with van der Waals surface area (Å²) in [5.41, 5.74) is 0.265. The third-order valence-corrected chi connectivity index (χ3v) is 5.25. The zero-order valence-corrected chi connectivity index (χ0v) is 15.0. The fraction of sp³-hybridized carbons (Fsp3) is 0.450. The summed E-state index contributed by atoms with van der Waals surface area (Å²) in [6.07, 6.45) is 7.68. The summed E-state index contributed by atoms with van der Waals surface area (Å²) in [5.74, 6) is 0.628. The number of amides is 1. The van der Waals surface area contributed by atoms with E-state index in [2.05, 4.69) is 9.97 Å². The molecular formula is C20H22FN3O3. The molecule has 1 amide bonds. The Bertz CT molecular complexity index is 779. The van der Waals surface area contributed by atoms with Crippen molar-refractivity contribution in [2.24, 2.45) is 5.92 Å². The first-order valence-corrected chi connectivity index (χ1v) is 9.21. The minimum absolute atomic E-state index is 0.0719. The molecule has 3 heterocycles. The standard InChI is InChI=1S/C20H22FN3O3/c21-17-3-1-16(2-4-17)19(25)24-13-20(14-24)11-15(6-10-27-20)5-9-26-18-12-22-7-8-23-18/h1-4,7-8,12,15H,5-6,9-11,13-14H2. The van der Waals surface area contributed by atoms with E-state index in [1.807, 2.05) is 0 Å². The number of rotatable bonds is 5. The summed E-state index contributed by atoms with van der Waals surface area (Å²) in [4.78, 5) is 22.3. The van der Waals surface area contributed by atoms with Gasteiger partial charge in [0.05, 0.1) is 25.9 Å². The zero-order valence-electron chi connectivity index (χ0n) is 15.0. The van der Waals surface area contributed by atoms with Gasteiger partial charge in [0.15, 0.2) is 0 Å². The summed E-state index contributed by atoms with van der Waals surface area (Å²) in [5, 5.41) is 0. The maximum absolute atomic E-state index is 13.0. The molecule has 27 heavy (non-hydrogen) atoms. The van der Waals surface area contributed by atoms with E-state index < -0.39 is 0 Å². The van der Waals surface area contributed by atoms with Crippen LogP contribution in [-0.2, 0) is 4.74 Å². The van der Waals surface area contributed by atoms with Crippen LogP contribution < -0.4 is 4.74 Å². The van der Waals surface area contributed by atoms with Gasteiger partial charge in [-0.1, -0.05) is 0 Å².